The predicted molar refractivity (Wildman–Crippen MR) is 115 cm³/mol. The van der Waals surface area contributed by atoms with Crippen LogP contribution in [0, 0.1) is 0 Å². The third kappa shape index (κ3) is 25.7. The zero-order chi connectivity index (χ0) is 19.1. The van der Waals surface area contributed by atoms with Gasteiger partial charge < -0.3 is 4.74 Å². The Bertz CT molecular complexity index is 316. The van der Waals surface area contributed by atoms with Crippen molar-refractivity contribution < 1.29 is 26.6 Å². The van der Waals surface area contributed by atoms with Crippen molar-refractivity contribution in [2.24, 2.45) is 0 Å². The van der Waals surface area contributed by atoms with E-state index >= 15 is 0 Å². The average molecular weight is 422 g/mol. The second-order valence-electron chi connectivity index (χ2n) is 7.62. The zero-order valence-corrected chi connectivity index (χ0v) is 19.4. The van der Waals surface area contributed by atoms with Gasteiger partial charge in [-0.25, -0.2) is 0 Å². The summed E-state index contributed by atoms with van der Waals surface area (Å²) in [5.74, 6) is -0.000809. The summed E-state index contributed by atoms with van der Waals surface area (Å²) in [6.45, 7) is 5.08. The molecule has 0 amide bonds. The summed E-state index contributed by atoms with van der Waals surface area (Å²) < 4.78 is 5.26. The number of carbonyl (C=O) groups is 1. The number of hydrogen-bond donors (Lipinski definition) is 0. The second kappa shape index (κ2) is 25.7. The van der Waals surface area contributed by atoms with E-state index in [0.717, 1.165) is 19.3 Å². The van der Waals surface area contributed by atoms with Crippen LogP contribution in [0.2, 0.25) is 0 Å². The van der Waals surface area contributed by atoms with E-state index in [-0.39, 0.29) is 23.0 Å². The quantitative estimate of drug-likeness (QED) is 0.0856. The third-order valence-electron chi connectivity index (χ3n) is 4.90. The van der Waals surface area contributed by atoms with Crippen LogP contribution in [0.1, 0.15) is 129 Å². The molecule has 0 aromatic carbocycles. The van der Waals surface area contributed by atoms with Crippen LogP contribution in [-0.4, -0.2) is 12.6 Å². The molecule has 0 rings (SSSR count). The van der Waals surface area contributed by atoms with Gasteiger partial charge in [-0.2, -0.15) is 0 Å². The molecule has 0 spiro atoms. The number of rotatable bonds is 20. The molecule has 0 aliphatic heterocycles. The number of ether oxygens (including phenoxy) is 1. The molecule has 0 atom stereocenters. The fourth-order valence-electron chi connectivity index (χ4n) is 3.13. The molecule has 0 N–H and O–H groups in total. The number of unbranched alkanes of at least 4 members (excludes halogenated alkanes) is 14. The van der Waals surface area contributed by atoms with E-state index in [1.54, 1.807) is 0 Å². The SMILES string of the molecule is CCCCCCCC/C=C\CCCCCCCC(=O)OCCCCCC.[Fe]. The van der Waals surface area contributed by atoms with E-state index in [1.807, 2.05) is 0 Å². The van der Waals surface area contributed by atoms with E-state index in [2.05, 4.69) is 26.0 Å². The molecule has 162 valence electrons. The van der Waals surface area contributed by atoms with Crippen LogP contribution in [0.5, 0.6) is 0 Å². The summed E-state index contributed by atoms with van der Waals surface area (Å²) in [5.41, 5.74) is 0. The van der Waals surface area contributed by atoms with Crippen LogP contribution in [0.4, 0.5) is 0 Å². The standard InChI is InChI=1S/C24H46O2.Fe/c1-3-5-7-9-10-11-12-13-14-15-16-17-18-19-20-22-24(25)26-23-21-8-6-4-2;/h13-14H,3-12,15-23H2,1-2H3;/b14-13-;. The molecule has 0 radical (unpaired) electrons. The predicted octanol–water partition coefficient (Wildman–Crippen LogP) is 8.14. The molecule has 0 saturated heterocycles. The van der Waals surface area contributed by atoms with Crippen molar-refractivity contribution in [2.75, 3.05) is 6.61 Å². The number of allylic oxidation sites excluding steroid dienone is 2. The Kier molecular flexibility index (Phi) is 27.6. The van der Waals surface area contributed by atoms with Crippen LogP contribution < -0.4 is 0 Å². The summed E-state index contributed by atoms with van der Waals surface area (Å²) in [6.07, 6.45) is 26.8. The van der Waals surface area contributed by atoms with Gasteiger partial charge in [0, 0.05) is 23.5 Å². The first-order valence-corrected chi connectivity index (χ1v) is 11.6. The molecule has 0 unspecified atom stereocenters. The topological polar surface area (TPSA) is 26.3 Å². The molecule has 2 nitrogen and oxygen atoms in total. The Morgan fingerprint density at radius 3 is 1.63 bits per heavy atom. The minimum absolute atomic E-state index is 0. The Morgan fingerprint density at radius 1 is 0.630 bits per heavy atom. The van der Waals surface area contributed by atoms with Crippen molar-refractivity contribution in [2.45, 2.75) is 129 Å². The van der Waals surface area contributed by atoms with Gasteiger partial charge in [0.1, 0.15) is 0 Å². The first kappa shape index (κ1) is 28.9. The monoisotopic (exact) mass is 422 g/mol. The fourth-order valence-corrected chi connectivity index (χ4v) is 3.13. The summed E-state index contributed by atoms with van der Waals surface area (Å²) in [5, 5.41) is 0. The third-order valence-corrected chi connectivity index (χ3v) is 4.90. The number of hydrogen-bond acceptors (Lipinski definition) is 2. The zero-order valence-electron chi connectivity index (χ0n) is 18.3. The largest absolute Gasteiger partial charge is 0.466 e. The summed E-state index contributed by atoms with van der Waals surface area (Å²) >= 11 is 0. The van der Waals surface area contributed by atoms with E-state index in [9.17, 15) is 4.79 Å². The van der Waals surface area contributed by atoms with Crippen LogP contribution in [0.15, 0.2) is 12.2 Å². The van der Waals surface area contributed by atoms with Gasteiger partial charge in [-0.15, -0.1) is 0 Å². The Hall–Kier alpha value is -0.271. The van der Waals surface area contributed by atoms with Crippen LogP contribution in [0.3, 0.4) is 0 Å². The molecule has 27 heavy (non-hydrogen) atoms. The van der Waals surface area contributed by atoms with Crippen LogP contribution >= 0.6 is 0 Å². The molecule has 3 heteroatoms. The van der Waals surface area contributed by atoms with E-state index in [4.69, 9.17) is 4.74 Å². The summed E-state index contributed by atoms with van der Waals surface area (Å²) in [4.78, 5) is 11.6. The van der Waals surface area contributed by atoms with Crippen molar-refractivity contribution >= 4 is 5.97 Å². The van der Waals surface area contributed by atoms with Gasteiger partial charge in [-0.3, -0.25) is 4.79 Å². The van der Waals surface area contributed by atoms with Crippen molar-refractivity contribution in [3.63, 3.8) is 0 Å². The Balaban J connectivity index is 0. The first-order valence-electron chi connectivity index (χ1n) is 11.6. The molecule has 0 aliphatic rings. The Labute approximate surface area is 180 Å². The summed E-state index contributed by atoms with van der Waals surface area (Å²) in [7, 11) is 0. The maximum Gasteiger partial charge on any atom is 0.305 e. The van der Waals surface area contributed by atoms with Gasteiger partial charge in [-0.05, 0) is 38.5 Å². The minimum atomic E-state index is -0.000809. The smallest absolute Gasteiger partial charge is 0.305 e. The molecule has 0 aliphatic carbocycles. The number of carbonyl (C=O) groups excluding carboxylic acids is 1. The van der Waals surface area contributed by atoms with Gasteiger partial charge in [0.25, 0.3) is 0 Å². The van der Waals surface area contributed by atoms with Crippen molar-refractivity contribution in [1.29, 1.82) is 0 Å². The average Bonchev–Trinajstić information content (AvgIpc) is 2.64. The molecular formula is C24H46FeO2. The molecule has 0 bridgehead atoms. The van der Waals surface area contributed by atoms with Gasteiger partial charge in [0.15, 0.2) is 0 Å². The first-order chi connectivity index (χ1) is 12.8. The van der Waals surface area contributed by atoms with E-state index < -0.39 is 0 Å². The van der Waals surface area contributed by atoms with E-state index in [1.165, 1.54) is 89.9 Å². The van der Waals surface area contributed by atoms with Crippen LogP contribution in [0.25, 0.3) is 0 Å². The number of esters is 1. The molecule has 0 aromatic heterocycles. The maximum atomic E-state index is 11.6. The van der Waals surface area contributed by atoms with Gasteiger partial charge in [-0.1, -0.05) is 96.6 Å². The van der Waals surface area contributed by atoms with Crippen molar-refractivity contribution in [3.8, 4) is 0 Å². The molecular weight excluding hydrogens is 376 g/mol. The van der Waals surface area contributed by atoms with Crippen molar-refractivity contribution in [1.82, 2.24) is 0 Å². The fraction of sp³-hybridized carbons (Fsp3) is 0.875. The Morgan fingerprint density at radius 2 is 1.07 bits per heavy atom. The molecule has 0 saturated carbocycles. The second-order valence-corrected chi connectivity index (χ2v) is 7.62. The minimum Gasteiger partial charge on any atom is -0.466 e. The van der Waals surface area contributed by atoms with Gasteiger partial charge in [0.2, 0.25) is 0 Å². The normalized spacial score (nSPS) is 10.9. The van der Waals surface area contributed by atoms with Gasteiger partial charge in [0.05, 0.1) is 6.61 Å². The van der Waals surface area contributed by atoms with Crippen molar-refractivity contribution in [3.05, 3.63) is 12.2 Å². The van der Waals surface area contributed by atoms with Gasteiger partial charge >= 0.3 is 5.97 Å². The van der Waals surface area contributed by atoms with Crippen LogP contribution in [-0.2, 0) is 26.6 Å². The molecule has 0 heterocycles. The summed E-state index contributed by atoms with van der Waals surface area (Å²) in [6, 6.07) is 0. The molecule has 0 fully saturated rings. The maximum absolute atomic E-state index is 11.6. The molecule has 0 aromatic rings. The van der Waals surface area contributed by atoms with E-state index in [0.29, 0.717) is 13.0 Å².